The van der Waals surface area contributed by atoms with E-state index in [1.165, 1.54) is 6.07 Å². The van der Waals surface area contributed by atoms with Crippen molar-refractivity contribution in [2.75, 3.05) is 24.1 Å². The van der Waals surface area contributed by atoms with Gasteiger partial charge in [-0.1, -0.05) is 6.08 Å². The van der Waals surface area contributed by atoms with Gasteiger partial charge < -0.3 is 20.7 Å². The number of carbonyl (C=O) groups is 1. The summed E-state index contributed by atoms with van der Waals surface area (Å²) in [6.45, 7) is 11.8. The standard InChI is InChI=1S/C28H33F3N6O2/c1-15(19-11-20(28(29,30)31)13-21(32)12-19)33-24-23-14-22(16(2)34-25(23)36-17(3)35-24)18-7-9-37(10-8-18)26(38)39-27(4,5)6/h7,11-15H,8-10,32H2,1-6H3,(H,33,34,35,36)/t15-/m1/s1. The zero-order chi connectivity index (χ0) is 28.7. The predicted octanol–water partition coefficient (Wildman–Crippen LogP) is 6.44. The van der Waals surface area contributed by atoms with Crippen LogP contribution in [0.2, 0.25) is 0 Å². The Morgan fingerprint density at radius 3 is 2.44 bits per heavy atom. The highest BCUT2D eigenvalue weighted by molar-refractivity contribution is 5.90. The van der Waals surface area contributed by atoms with Crippen molar-refractivity contribution in [1.29, 1.82) is 0 Å². The maximum atomic E-state index is 13.4. The monoisotopic (exact) mass is 542 g/mol. The highest BCUT2D eigenvalue weighted by Gasteiger charge is 2.31. The average molecular weight is 543 g/mol. The largest absolute Gasteiger partial charge is 0.444 e. The smallest absolute Gasteiger partial charge is 0.416 e. The Hall–Kier alpha value is -3.89. The number of aryl methyl sites for hydroxylation is 2. The van der Waals surface area contributed by atoms with Crippen LogP contribution in [-0.4, -0.2) is 44.6 Å². The number of hydrogen-bond acceptors (Lipinski definition) is 7. The minimum atomic E-state index is -4.51. The number of ether oxygens (including phenoxy) is 1. The Labute approximate surface area is 225 Å². The van der Waals surface area contributed by atoms with Crippen LogP contribution in [0.4, 0.5) is 29.5 Å². The SMILES string of the molecule is Cc1nc(N[C@H](C)c2cc(N)cc(C(F)(F)F)c2)c2cc(C3=CCN(C(=O)OC(C)(C)C)CC3)c(C)nc2n1. The lowest BCUT2D eigenvalue weighted by molar-refractivity contribution is -0.137. The van der Waals surface area contributed by atoms with Crippen LogP contribution in [-0.2, 0) is 10.9 Å². The lowest BCUT2D eigenvalue weighted by Gasteiger charge is -2.30. The van der Waals surface area contributed by atoms with E-state index < -0.39 is 23.4 Å². The summed E-state index contributed by atoms with van der Waals surface area (Å²) in [7, 11) is 0. The second-order valence-electron chi connectivity index (χ2n) is 10.8. The van der Waals surface area contributed by atoms with Crippen LogP contribution in [0.3, 0.4) is 0 Å². The number of amides is 1. The third-order valence-electron chi connectivity index (χ3n) is 6.35. The van der Waals surface area contributed by atoms with E-state index in [4.69, 9.17) is 15.5 Å². The molecule has 8 nitrogen and oxygen atoms in total. The number of fused-ring (bicyclic) bond motifs is 1. The molecule has 0 aliphatic carbocycles. The van der Waals surface area contributed by atoms with E-state index >= 15 is 0 Å². The number of nitrogens with two attached hydrogens (primary N) is 1. The molecule has 0 bridgehead atoms. The average Bonchev–Trinajstić information content (AvgIpc) is 2.81. The van der Waals surface area contributed by atoms with E-state index in [1.807, 2.05) is 39.8 Å². The van der Waals surface area contributed by atoms with Crippen LogP contribution < -0.4 is 11.1 Å². The van der Waals surface area contributed by atoms with Gasteiger partial charge in [-0.15, -0.1) is 0 Å². The summed E-state index contributed by atoms with van der Waals surface area (Å²) in [5, 5.41) is 3.88. The second-order valence-corrected chi connectivity index (χ2v) is 10.8. The maximum Gasteiger partial charge on any atom is 0.416 e. The molecule has 0 radical (unpaired) electrons. The highest BCUT2D eigenvalue weighted by Crippen LogP contribution is 2.35. The minimum Gasteiger partial charge on any atom is -0.444 e. The zero-order valence-corrected chi connectivity index (χ0v) is 22.9. The first kappa shape index (κ1) is 28.1. The van der Waals surface area contributed by atoms with Gasteiger partial charge in [0.15, 0.2) is 5.65 Å². The van der Waals surface area contributed by atoms with Gasteiger partial charge in [-0.3, -0.25) is 0 Å². The highest BCUT2D eigenvalue weighted by atomic mass is 19.4. The predicted molar refractivity (Wildman–Crippen MR) is 145 cm³/mol. The summed E-state index contributed by atoms with van der Waals surface area (Å²) >= 11 is 0. The van der Waals surface area contributed by atoms with Crippen LogP contribution >= 0.6 is 0 Å². The van der Waals surface area contributed by atoms with Crippen LogP contribution in [0, 0.1) is 13.8 Å². The molecule has 3 aromatic rings. The normalized spacial score (nSPS) is 15.2. The number of benzene rings is 1. The van der Waals surface area contributed by atoms with Gasteiger partial charge in [0, 0.05) is 24.5 Å². The summed E-state index contributed by atoms with van der Waals surface area (Å²) in [4.78, 5) is 27.8. The van der Waals surface area contributed by atoms with Gasteiger partial charge in [-0.05, 0) is 88.9 Å². The molecule has 39 heavy (non-hydrogen) atoms. The molecule has 208 valence electrons. The molecule has 0 spiro atoms. The Bertz CT molecular complexity index is 1450. The first-order valence-electron chi connectivity index (χ1n) is 12.7. The van der Waals surface area contributed by atoms with Crippen molar-refractivity contribution in [3.05, 3.63) is 58.6 Å². The number of aromatic nitrogens is 3. The Morgan fingerprint density at radius 1 is 1.10 bits per heavy atom. The number of alkyl halides is 3. The Balaban J connectivity index is 1.65. The molecule has 4 rings (SSSR count). The van der Waals surface area contributed by atoms with E-state index in [9.17, 15) is 18.0 Å². The molecule has 0 fully saturated rings. The maximum absolute atomic E-state index is 13.4. The quantitative estimate of drug-likeness (QED) is 0.366. The zero-order valence-electron chi connectivity index (χ0n) is 22.9. The summed E-state index contributed by atoms with van der Waals surface area (Å²) < 4.78 is 45.6. The van der Waals surface area contributed by atoms with Crippen molar-refractivity contribution in [2.45, 2.75) is 65.8 Å². The van der Waals surface area contributed by atoms with Gasteiger partial charge in [0.25, 0.3) is 0 Å². The Morgan fingerprint density at radius 2 is 1.82 bits per heavy atom. The van der Waals surface area contributed by atoms with Crippen LogP contribution in [0.5, 0.6) is 0 Å². The van der Waals surface area contributed by atoms with E-state index in [1.54, 1.807) is 18.7 Å². The fourth-order valence-corrected chi connectivity index (χ4v) is 4.47. The fourth-order valence-electron chi connectivity index (χ4n) is 4.47. The van der Waals surface area contributed by atoms with Crippen LogP contribution in [0.1, 0.15) is 68.4 Å². The molecule has 1 atom stereocenters. The molecular weight excluding hydrogens is 509 g/mol. The molecule has 3 heterocycles. The van der Waals surface area contributed by atoms with E-state index in [0.717, 1.165) is 29.0 Å². The number of nitrogens with one attached hydrogen (secondary N) is 1. The van der Waals surface area contributed by atoms with Crippen molar-refractivity contribution in [3.8, 4) is 0 Å². The summed E-state index contributed by atoms with van der Waals surface area (Å²) in [5.41, 5.74) is 8.00. The first-order chi connectivity index (χ1) is 18.1. The van der Waals surface area contributed by atoms with Gasteiger partial charge in [0.05, 0.1) is 17.0 Å². The van der Waals surface area contributed by atoms with E-state index in [0.29, 0.717) is 47.7 Å². The van der Waals surface area contributed by atoms with Gasteiger partial charge in [0.2, 0.25) is 0 Å². The number of halogens is 3. The van der Waals surface area contributed by atoms with Gasteiger partial charge in [0.1, 0.15) is 17.2 Å². The Kier molecular flexibility index (Phi) is 7.46. The first-order valence-corrected chi connectivity index (χ1v) is 12.7. The molecule has 1 aliphatic rings. The lowest BCUT2D eigenvalue weighted by Crippen LogP contribution is -2.39. The fraction of sp³-hybridized carbons (Fsp3) is 0.429. The van der Waals surface area contributed by atoms with Crippen molar-refractivity contribution in [2.24, 2.45) is 0 Å². The molecular formula is C28H33F3N6O2. The van der Waals surface area contributed by atoms with Crippen molar-refractivity contribution < 1.29 is 22.7 Å². The molecule has 1 amide bonds. The number of nitrogen functional groups attached to an aromatic ring is 1. The van der Waals surface area contributed by atoms with Crippen molar-refractivity contribution >= 4 is 34.2 Å². The molecule has 11 heteroatoms. The third-order valence-corrected chi connectivity index (χ3v) is 6.35. The number of nitrogens with zero attached hydrogens (tertiary/aromatic N) is 4. The van der Waals surface area contributed by atoms with Gasteiger partial charge in [-0.25, -0.2) is 19.7 Å². The molecule has 1 aromatic carbocycles. The topological polar surface area (TPSA) is 106 Å². The summed E-state index contributed by atoms with van der Waals surface area (Å²) in [6.07, 6.45) is -2.27. The summed E-state index contributed by atoms with van der Waals surface area (Å²) in [6, 6.07) is 4.93. The number of anilines is 2. The number of rotatable bonds is 4. The lowest BCUT2D eigenvalue weighted by atomic mass is 9.97. The summed E-state index contributed by atoms with van der Waals surface area (Å²) in [5.74, 6) is 0.937. The molecule has 2 aromatic heterocycles. The van der Waals surface area contributed by atoms with Crippen LogP contribution in [0.15, 0.2) is 30.3 Å². The minimum absolute atomic E-state index is 0.0291. The number of pyridine rings is 1. The molecule has 3 N–H and O–H groups in total. The van der Waals surface area contributed by atoms with Crippen LogP contribution in [0.25, 0.3) is 16.6 Å². The molecule has 1 aliphatic heterocycles. The third kappa shape index (κ3) is 6.58. The molecule has 0 saturated heterocycles. The van der Waals surface area contributed by atoms with E-state index in [-0.39, 0.29) is 11.8 Å². The van der Waals surface area contributed by atoms with Crippen molar-refractivity contribution in [3.63, 3.8) is 0 Å². The van der Waals surface area contributed by atoms with Gasteiger partial charge >= 0.3 is 12.3 Å². The van der Waals surface area contributed by atoms with E-state index in [2.05, 4.69) is 15.3 Å². The second kappa shape index (κ2) is 10.3. The number of hydrogen-bond donors (Lipinski definition) is 2. The number of carbonyl (C=O) groups excluding carboxylic acids is 1. The molecule has 0 saturated carbocycles. The molecule has 0 unspecified atom stereocenters. The van der Waals surface area contributed by atoms with Gasteiger partial charge in [-0.2, -0.15) is 13.2 Å². The van der Waals surface area contributed by atoms with Crippen molar-refractivity contribution in [1.82, 2.24) is 19.9 Å².